The number of carbonyl (C=O) groups is 2. The number of nitrogens with zero attached hydrogens (tertiary/aromatic N) is 2. The van der Waals surface area contributed by atoms with Crippen LogP contribution in [-0.4, -0.2) is 42.7 Å². The summed E-state index contributed by atoms with van der Waals surface area (Å²) in [4.78, 5) is 37.0. The van der Waals surface area contributed by atoms with Gasteiger partial charge >= 0.3 is 5.97 Å². The van der Waals surface area contributed by atoms with E-state index in [-0.39, 0.29) is 42.5 Å². The van der Waals surface area contributed by atoms with Crippen molar-refractivity contribution in [3.8, 4) is 0 Å². The number of rotatable bonds is 4. The van der Waals surface area contributed by atoms with Gasteiger partial charge in [-0.3, -0.25) is 19.8 Å². The zero-order valence-electron chi connectivity index (χ0n) is 18.3. The van der Waals surface area contributed by atoms with Crippen molar-refractivity contribution >= 4 is 23.3 Å². The Morgan fingerprint density at radius 3 is 2.41 bits per heavy atom. The lowest BCUT2D eigenvalue weighted by Crippen LogP contribution is -2.56. The van der Waals surface area contributed by atoms with E-state index in [0.29, 0.717) is 6.42 Å². The van der Waals surface area contributed by atoms with Crippen LogP contribution in [0.25, 0.3) is 0 Å². The molecule has 1 spiro atoms. The smallest absolute Gasteiger partial charge is 0.338 e. The summed E-state index contributed by atoms with van der Waals surface area (Å²) in [6, 6.07) is 13.4. The van der Waals surface area contributed by atoms with Gasteiger partial charge in [0.15, 0.2) is 6.29 Å². The van der Waals surface area contributed by atoms with E-state index < -0.39 is 22.7 Å². The molecule has 0 unspecified atom stereocenters. The molecule has 2 aliphatic rings. The molecule has 2 saturated heterocycles. The lowest BCUT2D eigenvalue weighted by atomic mass is 9.96. The molecule has 2 fully saturated rings. The summed E-state index contributed by atoms with van der Waals surface area (Å²) in [7, 11) is 1.20. The number of nitro groups is 1. The standard InChI is InChI=1S/C21H20N2O7.C2H6/c1-28-19(25)15-7-8-16(17(11-15)23(26)27)22-18(24)9-10-21(22)12-29-20(30-13-21)14-5-3-2-4-6-14;1-2/h2-8,11,20H,9-10,12-13H2,1H3;1-2H3. The molecule has 0 radical (unpaired) electrons. The van der Waals surface area contributed by atoms with Gasteiger partial charge in [0.2, 0.25) is 5.91 Å². The average molecular weight is 442 g/mol. The van der Waals surface area contributed by atoms with Gasteiger partial charge in [-0.1, -0.05) is 44.2 Å². The predicted octanol–water partition coefficient (Wildman–Crippen LogP) is 4.02. The fourth-order valence-electron chi connectivity index (χ4n) is 3.95. The van der Waals surface area contributed by atoms with Crippen molar-refractivity contribution in [3.05, 3.63) is 69.8 Å². The highest BCUT2D eigenvalue weighted by Gasteiger charge is 2.51. The van der Waals surface area contributed by atoms with Crippen molar-refractivity contribution < 1.29 is 28.7 Å². The summed E-state index contributed by atoms with van der Waals surface area (Å²) in [5, 5.41) is 11.7. The van der Waals surface area contributed by atoms with Gasteiger partial charge in [-0.2, -0.15) is 0 Å². The topological polar surface area (TPSA) is 108 Å². The molecule has 4 rings (SSSR count). The third kappa shape index (κ3) is 4.35. The zero-order valence-corrected chi connectivity index (χ0v) is 18.3. The molecule has 1 amide bonds. The predicted molar refractivity (Wildman–Crippen MR) is 116 cm³/mol. The monoisotopic (exact) mass is 442 g/mol. The molecule has 9 nitrogen and oxygen atoms in total. The number of methoxy groups -OCH3 is 1. The van der Waals surface area contributed by atoms with Gasteiger partial charge < -0.3 is 14.2 Å². The third-order valence-corrected chi connectivity index (χ3v) is 5.44. The van der Waals surface area contributed by atoms with Crippen LogP contribution < -0.4 is 4.90 Å². The number of hydrogen-bond donors (Lipinski definition) is 0. The Kier molecular flexibility index (Phi) is 7.22. The SMILES string of the molecule is CC.COC(=O)c1ccc(N2C(=O)CCC23COC(c2ccccc2)OC3)c([N+](=O)[O-])c1. The lowest BCUT2D eigenvalue weighted by molar-refractivity contribution is -0.384. The van der Waals surface area contributed by atoms with Crippen LogP contribution in [0.1, 0.15) is 48.9 Å². The van der Waals surface area contributed by atoms with Crippen molar-refractivity contribution in [2.75, 3.05) is 25.2 Å². The van der Waals surface area contributed by atoms with Gasteiger partial charge in [0.05, 0.1) is 36.3 Å². The van der Waals surface area contributed by atoms with E-state index in [9.17, 15) is 19.7 Å². The molecule has 9 heteroatoms. The second-order valence-corrected chi connectivity index (χ2v) is 7.27. The van der Waals surface area contributed by atoms with E-state index >= 15 is 0 Å². The minimum Gasteiger partial charge on any atom is -0.465 e. The van der Waals surface area contributed by atoms with E-state index in [1.807, 2.05) is 44.2 Å². The Labute approximate surface area is 186 Å². The molecule has 2 aromatic carbocycles. The first-order valence-electron chi connectivity index (χ1n) is 10.4. The van der Waals surface area contributed by atoms with Crippen molar-refractivity contribution in [1.82, 2.24) is 0 Å². The van der Waals surface area contributed by atoms with Crippen LogP contribution in [0.5, 0.6) is 0 Å². The summed E-state index contributed by atoms with van der Waals surface area (Å²) in [6.45, 7) is 4.35. The molecule has 0 atom stereocenters. The number of anilines is 1. The maximum atomic E-state index is 12.8. The third-order valence-electron chi connectivity index (χ3n) is 5.44. The van der Waals surface area contributed by atoms with Crippen LogP contribution in [0.15, 0.2) is 48.5 Å². The fourth-order valence-corrected chi connectivity index (χ4v) is 3.95. The molecule has 2 aliphatic heterocycles. The Morgan fingerprint density at radius 1 is 1.16 bits per heavy atom. The van der Waals surface area contributed by atoms with Crippen LogP contribution >= 0.6 is 0 Å². The number of nitro benzene ring substituents is 1. The van der Waals surface area contributed by atoms with Gasteiger partial charge in [0.25, 0.3) is 5.69 Å². The van der Waals surface area contributed by atoms with Gasteiger partial charge in [0, 0.05) is 18.1 Å². The number of amides is 1. The van der Waals surface area contributed by atoms with E-state index in [4.69, 9.17) is 9.47 Å². The Morgan fingerprint density at radius 2 is 1.81 bits per heavy atom. The molecule has 0 aliphatic carbocycles. The fraction of sp³-hybridized carbons (Fsp3) is 0.391. The number of ether oxygens (including phenoxy) is 3. The number of carbonyl (C=O) groups excluding carboxylic acids is 2. The summed E-state index contributed by atoms with van der Waals surface area (Å²) in [6.07, 6.45) is 0.105. The molecular weight excluding hydrogens is 416 g/mol. The first-order chi connectivity index (χ1) is 15.4. The molecule has 2 aromatic rings. The van der Waals surface area contributed by atoms with Gasteiger partial charge in [-0.15, -0.1) is 0 Å². The van der Waals surface area contributed by atoms with Crippen LogP contribution in [0.3, 0.4) is 0 Å². The van der Waals surface area contributed by atoms with E-state index in [1.54, 1.807) is 0 Å². The maximum absolute atomic E-state index is 12.8. The molecule has 32 heavy (non-hydrogen) atoms. The molecule has 0 aromatic heterocycles. The highest BCUT2D eigenvalue weighted by atomic mass is 16.7. The van der Waals surface area contributed by atoms with Crippen LogP contribution in [0.2, 0.25) is 0 Å². The molecule has 2 heterocycles. The van der Waals surface area contributed by atoms with Crippen LogP contribution in [0.4, 0.5) is 11.4 Å². The van der Waals surface area contributed by atoms with Gasteiger partial charge in [-0.05, 0) is 18.6 Å². The molecular formula is C23H26N2O7. The molecule has 170 valence electrons. The highest BCUT2D eigenvalue weighted by molar-refractivity contribution is 6.01. The zero-order chi connectivity index (χ0) is 23.3. The second kappa shape index (κ2) is 9.88. The van der Waals surface area contributed by atoms with Crippen molar-refractivity contribution in [1.29, 1.82) is 0 Å². The Bertz CT molecular complexity index is 985. The summed E-state index contributed by atoms with van der Waals surface area (Å²) in [5.74, 6) is -0.948. The Balaban J connectivity index is 0.00000141. The van der Waals surface area contributed by atoms with Crippen LogP contribution in [-0.2, 0) is 19.0 Å². The minimum absolute atomic E-state index is 0.0360. The molecule has 0 bridgehead atoms. The second-order valence-electron chi connectivity index (χ2n) is 7.27. The van der Waals surface area contributed by atoms with Crippen LogP contribution in [0, 0.1) is 10.1 Å². The van der Waals surface area contributed by atoms with E-state index in [1.165, 1.54) is 24.1 Å². The van der Waals surface area contributed by atoms with Crippen molar-refractivity contribution in [2.24, 2.45) is 0 Å². The first-order valence-corrected chi connectivity index (χ1v) is 10.4. The van der Waals surface area contributed by atoms with Crippen molar-refractivity contribution in [3.63, 3.8) is 0 Å². The largest absolute Gasteiger partial charge is 0.465 e. The summed E-state index contributed by atoms with van der Waals surface area (Å²) in [5.41, 5.74) is -0.191. The summed E-state index contributed by atoms with van der Waals surface area (Å²) < 4.78 is 16.5. The van der Waals surface area contributed by atoms with E-state index in [0.717, 1.165) is 11.6 Å². The quantitative estimate of drug-likeness (QED) is 0.400. The number of benzene rings is 2. The maximum Gasteiger partial charge on any atom is 0.338 e. The first kappa shape index (κ1) is 23.4. The van der Waals surface area contributed by atoms with Gasteiger partial charge in [-0.25, -0.2) is 4.79 Å². The van der Waals surface area contributed by atoms with E-state index in [2.05, 4.69) is 4.74 Å². The summed E-state index contributed by atoms with van der Waals surface area (Å²) >= 11 is 0. The molecule has 0 saturated carbocycles. The number of esters is 1. The Hall–Kier alpha value is -3.30. The minimum atomic E-state index is -0.847. The van der Waals surface area contributed by atoms with Gasteiger partial charge in [0.1, 0.15) is 5.69 Å². The normalized spacial score (nSPS) is 22.3. The highest BCUT2D eigenvalue weighted by Crippen LogP contribution is 2.43. The lowest BCUT2D eigenvalue weighted by Gasteiger charge is -2.42. The van der Waals surface area contributed by atoms with Crippen molar-refractivity contribution in [2.45, 2.75) is 38.5 Å². The molecule has 0 N–H and O–H groups in total. The number of hydrogen-bond acceptors (Lipinski definition) is 7. The average Bonchev–Trinajstić information content (AvgIpc) is 3.15.